The first kappa shape index (κ1) is 17.5. The van der Waals surface area contributed by atoms with E-state index in [9.17, 15) is 4.79 Å². The van der Waals surface area contributed by atoms with Gasteiger partial charge in [0.15, 0.2) is 0 Å². The van der Waals surface area contributed by atoms with Gasteiger partial charge < -0.3 is 14.2 Å². The van der Waals surface area contributed by atoms with E-state index in [-0.39, 0.29) is 11.9 Å². The second-order valence-electron chi connectivity index (χ2n) is 6.42. The summed E-state index contributed by atoms with van der Waals surface area (Å²) in [6.45, 7) is 7.48. The van der Waals surface area contributed by atoms with Gasteiger partial charge in [-0.1, -0.05) is 0 Å². The Morgan fingerprint density at radius 2 is 1.96 bits per heavy atom. The third-order valence-corrected chi connectivity index (χ3v) is 4.93. The fraction of sp³-hybridized carbons (Fsp3) is 0.474. The highest BCUT2D eigenvalue weighted by atomic mass is 16.5. The first-order chi connectivity index (χ1) is 12.1. The zero-order chi connectivity index (χ0) is 17.8. The summed E-state index contributed by atoms with van der Waals surface area (Å²) in [5.41, 5.74) is 0.936. The van der Waals surface area contributed by atoms with E-state index in [1.54, 1.807) is 7.11 Å². The van der Waals surface area contributed by atoms with Crippen molar-refractivity contribution in [2.45, 2.75) is 32.9 Å². The molecule has 1 saturated heterocycles. The molecule has 0 bridgehead atoms. The molecule has 1 fully saturated rings. The Morgan fingerprint density at radius 3 is 2.60 bits per heavy atom. The summed E-state index contributed by atoms with van der Waals surface area (Å²) < 4.78 is 7.34. The van der Waals surface area contributed by atoms with Crippen LogP contribution >= 0.6 is 0 Å². The average molecular weight is 342 g/mol. The van der Waals surface area contributed by atoms with Crippen molar-refractivity contribution < 1.29 is 9.53 Å². The minimum atomic E-state index is -0.0975. The fourth-order valence-corrected chi connectivity index (χ4v) is 3.32. The lowest BCUT2D eigenvalue weighted by molar-refractivity contribution is -0.125. The third kappa shape index (κ3) is 3.85. The molecule has 25 heavy (non-hydrogen) atoms. The monoisotopic (exact) mass is 342 g/mol. The molecule has 1 aromatic heterocycles. The van der Waals surface area contributed by atoms with Gasteiger partial charge in [0, 0.05) is 44.3 Å². The molecule has 0 spiro atoms. The minimum Gasteiger partial charge on any atom is -0.497 e. The van der Waals surface area contributed by atoms with Gasteiger partial charge in [0.05, 0.1) is 13.2 Å². The number of carbonyl (C=O) groups excluding carboxylic acids is 1. The molecule has 0 unspecified atom stereocenters. The predicted molar refractivity (Wildman–Crippen MR) is 98.0 cm³/mol. The molecule has 0 N–H and O–H groups in total. The van der Waals surface area contributed by atoms with Crippen LogP contribution in [0, 0.1) is 6.92 Å². The second kappa shape index (κ2) is 7.70. The van der Waals surface area contributed by atoms with Gasteiger partial charge in [-0.15, -0.1) is 0 Å². The van der Waals surface area contributed by atoms with Gasteiger partial charge in [0.25, 0.3) is 0 Å². The number of methoxy groups -OCH3 is 1. The number of benzene rings is 1. The summed E-state index contributed by atoms with van der Waals surface area (Å²) in [6.07, 6.45) is 4.85. The Kier molecular flexibility index (Phi) is 5.38. The van der Waals surface area contributed by atoms with E-state index in [0.29, 0.717) is 0 Å². The Labute approximate surface area is 149 Å². The zero-order valence-corrected chi connectivity index (χ0v) is 15.2. The summed E-state index contributed by atoms with van der Waals surface area (Å²) in [5, 5.41) is 0. The topological polar surface area (TPSA) is 50.6 Å². The van der Waals surface area contributed by atoms with E-state index in [4.69, 9.17) is 4.74 Å². The molecule has 1 aromatic carbocycles. The lowest BCUT2D eigenvalue weighted by Gasteiger charge is -2.39. The molecule has 1 atom stereocenters. The van der Waals surface area contributed by atoms with Crippen LogP contribution in [0.2, 0.25) is 0 Å². The Balaban J connectivity index is 1.56. The maximum Gasteiger partial charge on any atom is 0.244 e. The number of hydrogen-bond donors (Lipinski definition) is 0. The number of ether oxygens (including phenoxy) is 1. The summed E-state index contributed by atoms with van der Waals surface area (Å²) in [5.74, 6) is 2.00. The van der Waals surface area contributed by atoms with Crippen molar-refractivity contribution in [2.75, 3.05) is 31.6 Å². The first-order valence-electron chi connectivity index (χ1n) is 8.77. The number of imidazole rings is 1. The lowest BCUT2D eigenvalue weighted by atomic mass is 10.1. The van der Waals surface area contributed by atoms with E-state index >= 15 is 0 Å². The highest BCUT2D eigenvalue weighted by Crippen LogP contribution is 2.23. The molecule has 6 heteroatoms. The van der Waals surface area contributed by atoms with Crippen molar-refractivity contribution >= 4 is 11.6 Å². The van der Waals surface area contributed by atoms with Gasteiger partial charge >= 0.3 is 0 Å². The summed E-state index contributed by atoms with van der Waals surface area (Å²) in [7, 11) is 1.65. The Morgan fingerprint density at radius 1 is 1.20 bits per heavy atom. The summed E-state index contributed by atoms with van der Waals surface area (Å²) in [6, 6.07) is 7.59. The van der Waals surface area contributed by atoms with Crippen molar-refractivity contribution in [1.29, 1.82) is 0 Å². The van der Waals surface area contributed by atoms with E-state index in [1.165, 1.54) is 0 Å². The standard InChI is InChI=1S/C19H26N4O2/c1-15-19(24)23(17-5-7-18(25-3)8-6-17)14-13-21(15)10-4-11-22-12-9-20-16(22)2/h5-9,12,15H,4,10-11,13-14H2,1-3H3/t15-/m0/s1. The molecule has 2 heterocycles. The quantitative estimate of drug-likeness (QED) is 0.808. The highest BCUT2D eigenvalue weighted by Gasteiger charge is 2.31. The summed E-state index contributed by atoms with van der Waals surface area (Å²) in [4.78, 5) is 21.2. The number of hydrogen-bond acceptors (Lipinski definition) is 4. The number of nitrogens with zero attached hydrogens (tertiary/aromatic N) is 4. The highest BCUT2D eigenvalue weighted by molar-refractivity contribution is 5.97. The van der Waals surface area contributed by atoms with Crippen molar-refractivity contribution in [3.63, 3.8) is 0 Å². The molecule has 0 aliphatic carbocycles. The molecule has 3 rings (SSSR count). The number of carbonyl (C=O) groups is 1. The number of rotatable bonds is 6. The molecule has 1 aliphatic heterocycles. The van der Waals surface area contributed by atoms with Crippen LogP contribution in [0.25, 0.3) is 0 Å². The van der Waals surface area contributed by atoms with Gasteiger partial charge in [0.1, 0.15) is 11.6 Å². The van der Waals surface area contributed by atoms with Crippen molar-refractivity contribution in [1.82, 2.24) is 14.5 Å². The van der Waals surface area contributed by atoms with Crippen LogP contribution in [0.4, 0.5) is 5.69 Å². The molecular weight excluding hydrogens is 316 g/mol. The number of aromatic nitrogens is 2. The molecule has 2 aromatic rings. The van der Waals surface area contributed by atoms with E-state index in [0.717, 1.165) is 49.9 Å². The molecule has 0 saturated carbocycles. The average Bonchev–Trinajstić information content (AvgIpc) is 3.04. The molecular formula is C19H26N4O2. The van der Waals surface area contributed by atoms with Crippen LogP contribution in [-0.2, 0) is 11.3 Å². The smallest absolute Gasteiger partial charge is 0.244 e. The van der Waals surface area contributed by atoms with Gasteiger partial charge in [-0.05, 0) is 44.5 Å². The minimum absolute atomic E-state index is 0.0975. The molecule has 1 aliphatic rings. The van der Waals surface area contributed by atoms with E-state index in [2.05, 4.69) is 14.5 Å². The SMILES string of the molecule is COc1ccc(N2CCN(CCCn3ccnc3C)[C@@H](C)C2=O)cc1. The van der Waals surface area contributed by atoms with Gasteiger partial charge in [0.2, 0.25) is 5.91 Å². The van der Waals surface area contributed by atoms with Crippen molar-refractivity contribution in [3.8, 4) is 5.75 Å². The Bertz CT molecular complexity index is 710. The Hall–Kier alpha value is -2.34. The van der Waals surface area contributed by atoms with E-state index < -0.39 is 0 Å². The van der Waals surface area contributed by atoms with Crippen LogP contribution in [0.5, 0.6) is 5.75 Å². The lowest BCUT2D eigenvalue weighted by Crippen LogP contribution is -2.56. The number of aryl methyl sites for hydroxylation is 2. The number of amides is 1. The predicted octanol–water partition coefficient (Wildman–Crippen LogP) is 2.33. The third-order valence-electron chi connectivity index (χ3n) is 4.93. The van der Waals surface area contributed by atoms with Crippen LogP contribution < -0.4 is 9.64 Å². The molecule has 134 valence electrons. The van der Waals surface area contributed by atoms with Gasteiger partial charge in [-0.25, -0.2) is 4.98 Å². The fourth-order valence-electron chi connectivity index (χ4n) is 3.32. The second-order valence-corrected chi connectivity index (χ2v) is 6.42. The van der Waals surface area contributed by atoms with Crippen LogP contribution in [0.1, 0.15) is 19.2 Å². The maximum atomic E-state index is 12.8. The van der Waals surface area contributed by atoms with Gasteiger partial charge in [-0.3, -0.25) is 9.69 Å². The largest absolute Gasteiger partial charge is 0.497 e. The first-order valence-corrected chi connectivity index (χ1v) is 8.77. The number of piperazine rings is 1. The van der Waals surface area contributed by atoms with Crippen molar-refractivity contribution in [3.05, 3.63) is 42.5 Å². The molecule has 0 radical (unpaired) electrons. The van der Waals surface area contributed by atoms with Crippen LogP contribution in [0.15, 0.2) is 36.7 Å². The van der Waals surface area contributed by atoms with Crippen LogP contribution in [-0.4, -0.2) is 53.1 Å². The molecule has 6 nitrogen and oxygen atoms in total. The van der Waals surface area contributed by atoms with Gasteiger partial charge in [-0.2, -0.15) is 0 Å². The van der Waals surface area contributed by atoms with Crippen LogP contribution in [0.3, 0.4) is 0 Å². The normalized spacial score (nSPS) is 18.6. The number of anilines is 1. The maximum absolute atomic E-state index is 12.8. The van der Waals surface area contributed by atoms with E-state index in [1.807, 2.05) is 55.4 Å². The zero-order valence-electron chi connectivity index (χ0n) is 15.2. The molecule has 1 amide bonds. The summed E-state index contributed by atoms with van der Waals surface area (Å²) >= 11 is 0. The van der Waals surface area contributed by atoms with Crippen molar-refractivity contribution in [2.24, 2.45) is 0 Å².